The molecule has 1 aromatic carbocycles. The first kappa shape index (κ1) is 14.4. The van der Waals surface area contributed by atoms with Crippen LogP contribution >= 0.6 is 12.2 Å². The van der Waals surface area contributed by atoms with Crippen molar-refractivity contribution in [3.8, 4) is 11.4 Å². The zero-order valence-electron chi connectivity index (χ0n) is 10.1. The number of hydrogen-bond acceptors (Lipinski definition) is 4. The number of aromatic nitrogens is 4. The summed E-state index contributed by atoms with van der Waals surface area (Å²) in [4.78, 5) is 0.204. The Hall–Kier alpha value is -2.03. The van der Waals surface area contributed by atoms with E-state index in [0.29, 0.717) is 5.56 Å². The Bertz CT molecular complexity index is 596. The van der Waals surface area contributed by atoms with Crippen molar-refractivity contribution in [3.05, 3.63) is 30.3 Å². The van der Waals surface area contributed by atoms with Crippen LogP contribution in [-0.4, -0.2) is 31.4 Å². The number of benzene rings is 1. The Balaban J connectivity index is 2.19. The fraction of sp³-hybridized carbons (Fsp3) is 0.273. The third kappa shape index (κ3) is 3.29. The zero-order valence-corrected chi connectivity index (χ0v) is 10.9. The van der Waals surface area contributed by atoms with Crippen LogP contribution in [0.15, 0.2) is 30.3 Å². The van der Waals surface area contributed by atoms with Crippen LogP contribution in [-0.2, 0) is 6.54 Å². The molecule has 0 amide bonds. The number of rotatable bonds is 4. The predicted molar refractivity (Wildman–Crippen MR) is 69.6 cm³/mol. The van der Waals surface area contributed by atoms with Gasteiger partial charge in [0.2, 0.25) is 5.82 Å². The van der Waals surface area contributed by atoms with E-state index >= 15 is 0 Å². The number of nitrogens with zero attached hydrogens (tertiary/aromatic N) is 4. The fourth-order valence-corrected chi connectivity index (χ4v) is 1.75. The van der Waals surface area contributed by atoms with Crippen molar-refractivity contribution in [2.75, 3.05) is 0 Å². The van der Waals surface area contributed by atoms with Crippen molar-refractivity contribution >= 4 is 17.2 Å². The highest BCUT2D eigenvalue weighted by Crippen LogP contribution is 2.27. The third-order valence-corrected chi connectivity index (χ3v) is 2.85. The molecule has 0 bridgehead atoms. The average molecular weight is 301 g/mol. The minimum Gasteiger partial charge on any atom is -0.393 e. The van der Waals surface area contributed by atoms with E-state index in [1.54, 1.807) is 30.3 Å². The minimum atomic E-state index is -4.54. The average Bonchev–Trinajstić information content (AvgIpc) is 2.84. The van der Waals surface area contributed by atoms with Crippen molar-refractivity contribution in [1.29, 1.82) is 0 Å². The Morgan fingerprint density at radius 3 is 2.50 bits per heavy atom. The first-order valence-electron chi connectivity index (χ1n) is 5.57. The number of tetrazole rings is 1. The van der Waals surface area contributed by atoms with Crippen molar-refractivity contribution < 1.29 is 13.2 Å². The highest BCUT2D eigenvalue weighted by molar-refractivity contribution is 7.80. The molecule has 0 saturated heterocycles. The lowest BCUT2D eigenvalue weighted by molar-refractivity contribution is -0.159. The molecule has 0 fully saturated rings. The summed E-state index contributed by atoms with van der Waals surface area (Å²) in [6, 6.07) is 8.81. The molecular weight excluding hydrogens is 291 g/mol. The smallest absolute Gasteiger partial charge is 0.393 e. The van der Waals surface area contributed by atoms with Gasteiger partial charge in [-0.25, -0.2) is 0 Å². The normalized spacial score (nSPS) is 13.2. The summed E-state index contributed by atoms with van der Waals surface area (Å²) in [7, 11) is 0. The Labute approximate surface area is 117 Å². The molecule has 1 heterocycles. The van der Waals surface area contributed by atoms with E-state index in [1.807, 2.05) is 0 Å². The van der Waals surface area contributed by atoms with E-state index in [0.717, 1.165) is 4.80 Å². The molecule has 0 aliphatic rings. The van der Waals surface area contributed by atoms with Gasteiger partial charge in [-0.3, -0.25) is 0 Å². The van der Waals surface area contributed by atoms with E-state index < -0.39 is 23.6 Å². The zero-order chi connectivity index (χ0) is 14.8. The van der Waals surface area contributed by atoms with Gasteiger partial charge in [0, 0.05) is 5.56 Å². The van der Waals surface area contributed by atoms with Gasteiger partial charge in [0.1, 0.15) is 5.92 Å². The van der Waals surface area contributed by atoms with E-state index in [1.165, 1.54) is 0 Å². The summed E-state index contributed by atoms with van der Waals surface area (Å²) >= 11 is 4.43. The van der Waals surface area contributed by atoms with E-state index in [2.05, 4.69) is 27.6 Å². The molecule has 1 atom stereocenters. The van der Waals surface area contributed by atoms with Gasteiger partial charge in [0.25, 0.3) is 0 Å². The maximum absolute atomic E-state index is 12.7. The molecule has 0 saturated carbocycles. The van der Waals surface area contributed by atoms with Crippen molar-refractivity contribution in [2.24, 2.45) is 11.7 Å². The third-order valence-electron chi connectivity index (χ3n) is 2.57. The Kier molecular flexibility index (Phi) is 3.98. The van der Waals surface area contributed by atoms with Crippen molar-refractivity contribution in [3.63, 3.8) is 0 Å². The van der Waals surface area contributed by atoms with Crippen LogP contribution in [0.2, 0.25) is 0 Å². The van der Waals surface area contributed by atoms with Crippen LogP contribution in [0.3, 0.4) is 0 Å². The molecule has 9 heteroatoms. The van der Waals surface area contributed by atoms with E-state index in [-0.39, 0.29) is 5.82 Å². The van der Waals surface area contributed by atoms with E-state index in [4.69, 9.17) is 5.73 Å². The molecular formula is C11H10F3N5S. The molecule has 106 valence electrons. The lowest BCUT2D eigenvalue weighted by atomic mass is 10.1. The quantitative estimate of drug-likeness (QED) is 0.872. The van der Waals surface area contributed by atoms with Gasteiger partial charge in [0.05, 0.1) is 11.5 Å². The molecule has 2 N–H and O–H groups in total. The maximum Gasteiger partial charge on any atom is 0.399 e. The van der Waals surface area contributed by atoms with Crippen molar-refractivity contribution in [2.45, 2.75) is 12.7 Å². The summed E-state index contributed by atoms with van der Waals surface area (Å²) < 4.78 is 38.2. The van der Waals surface area contributed by atoms with Crippen LogP contribution in [0, 0.1) is 5.92 Å². The van der Waals surface area contributed by atoms with Crippen LogP contribution < -0.4 is 5.73 Å². The van der Waals surface area contributed by atoms with E-state index in [9.17, 15) is 13.2 Å². The lowest BCUT2D eigenvalue weighted by Gasteiger charge is -2.17. The molecule has 0 aliphatic carbocycles. The molecule has 1 aromatic heterocycles. The number of halogens is 3. The van der Waals surface area contributed by atoms with Crippen LogP contribution in [0.5, 0.6) is 0 Å². The van der Waals surface area contributed by atoms with Gasteiger partial charge in [-0.1, -0.05) is 42.5 Å². The molecule has 5 nitrogen and oxygen atoms in total. The summed E-state index contributed by atoms with van der Waals surface area (Å²) in [5.74, 6) is -1.73. The Morgan fingerprint density at radius 1 is 1.30 bits per heavy atom. The topological polar surface area (TPSA) is 69.6 Å². The second kappa shape index (κ2) is 5.53. The Morgan fingerprint density at radius 2 is 1.95 bits per heavy atom. The maximum atomic E-state index is 12.7. The summed E-state index contributed by atoms with van der Waals surface area (Å²) in [6.45, 7) is -0.585. The summed E-state index contributed by atoms with van der Waals surface area (Å²) in [5.41, 5.74) is 5.78. The van der Waals surface area contributed by atoms with Gasteiger partial charge in [-0.15, -0.1) is 10.2 Å². The second-order valence-corrected chi connectivity index (χ2v) is 4.50. The van der Waals surface area contributed by atoms with Crippen LogP contribution in [0.1, 0.15) is 0 Å². The van der Waals surface area contributed by atoms with Crippen molar-refractivity contribution in [1.82, 2.24) is 20.2 Å². The highest BCUT2D eigenvalue weighted by Gasteiger charge is 2.42. The molecule has 2 rings (SSSR count). The predicted octanol–water partition coefficient (Wildman–Crippen LogP) is 1.80. The SMILES string of the molecule is NC(=S)C(Cn1nnc(-c2ccccc2)n1)C(F)(F)F. The standard InChI is InChI=1S/C11H10F3N5S/c12-11(13,14)8(9(15)20)6-19-17-10(16-18-19)7-4-2-1-3-5-7/h1-5,8H,6H2,(H2,15,20). The first-order chi connectivity index (χ1) is 9.38. The molecule has 0 aliphatic heterocycles. The first-order valence-corrected chi connectivity index (χ1v) is 5.98. The second-order valence-electron chi connectivity index (χ2n) is 4.03. The lowest BCUT2D eigenvalue weighted by Crippen LogP contribution is -2.38. The number of alkyl halides is 3. The van der Waals surface area contributed by atoms with Crippen LogP contribution in [0.25, 0.3) is 11.4 Å². The fourth-order valence-electron chi connectivity index (χ4n) is 1.54. The number of nitrogens with two attached hydrogens (primary N) is 1. The number of thiocarbonyl (C=S) groups is 1. The summed E-state index contributed by atoms with van der Waals surface area (Å²) in [5, 5.41) is 11.2. The molecule has 20 heavy (non-hydrogen) atoms. The van der Waals surface area contributed by atoms with Gasteiger partial charge in [0.15, 0.2) is 0 Å². The number of hydrogen-bond donors (Lipinski definition) is 1. The minimum absolute atomic E-state index is 0.245. The summed E-state index contributed by atoms with van der Waals surface area (Å²) in [6.07, 6.45) is -4.54. The van der Waals surface area contributed by atoms with Gasteiger partial charge < -0.3 is 5.73 Å². The molecule has 1 unspecified atom stereocenters. The molecule has 0 spiro atoms. The monoisotopic (exact) mass is 301 g/mol. The van der Waals surface area contributed by atoms with Gasteiger partial charge >= 0.3 is 6.18 Å². The van der Waals surface area contributed by atoms with Crippen LogP contribution in [0.4, 0.5) is 13.2 Å². The largest absolute Gasteiger partial charge is 0.399 e. The van der Waals surface area contributed by atoms with Gasteiger partial charge in [-0.2, -0.15) is 18.0 Å². The molecule has 2 aromatic rings. The van der Waals surface area contributed by atoms with Gasteiger partial charge in [-0.05, 0) is 5.21 Å². The highest BCUT2D eigenvalue weighted by atomic mass is 32.1. The molecule has 0 radical (unpaired) electrons.